The summed E-state index contributed by atoms with van der Waals surface area (Å²) in [4.78, 5) is -0.656. The molecule has 17 heavy (non-hydrogen) atoms. The third-order valence-corrected chi connectivity index (χ3v) is 3.19. The summed E-state index contributed by atoms with van der Waals surface area (Å²) in [5, 5.41) is 9.82. The molecule has 0 aliphatic rings. The number of phenolic OH excluding ortho intramolecular Hbond substituents is 1. The van der Waals surface area contributed by atoms with Crippen LogP contribution in [0.5, 0.6) is 5.75 Å². The number of aromatic hydroxyl groups is 1. The standard InChI is InChI=1S/C10H7ClO5S/c11-6-4-7(8-2-1-3-16-8)10(12)9(5-6)17(13,14)15/h1-5,12H,(H,13,14,15). The first-order chi connectivity index (χ1) is 7.89. The molecule has 0 spiro atoms. The molecular formula is C10H7ClO5S. The van der Waals surface area contributed by atoms with E-state index in [0.29, 0.717) is 0 Å². The Hall–Kier alpha value is -1.50. The molecule has 0 atom stereocenters. The summed E-state index contributed by atoms with van der Waals surface area (Å²) < 4.78 is 36.0. The average Bonchev–Trinajstić information content (AvgIpc) is 2.72. The SMILES string of the molecule is O=S(=O)(O)c1cc(Cl)cc(-c2ccco2)c1O. The molecule has 0 saturated heterocycles. The summed E-state index contributed by atoms with van der Waals surface area (Å²) in [5.74, 6) is -0.359. The normalized spacial score (nSPS) is 11.6. The Kier molecular flexibility index (Phi) is 2.86. The van der Waals surface area contributed by atoms with Crippen LogP contribution >= 0.6 is 11.6 Å². The fourth-order valence-electron chi connectivity index (χ4n) is 1.39. The monoisotopic (exact) mass is 274 g/mol. The van der Waals surface area contributed by atoms with Crippen LogP contribution in [0, 0.1) is 0 Å². The highest BCUT2D eigenvalue weighted by atomic mass is 35.5. The molecule has 0 radical (unpaired) electrons. The summed E-state index contributed by atoms with van der Waals surface area (Å²) in [7, 11) is -4.55. The van der Waals surface area contributed by atoms with E-state index in [1.807, 2.05) is 0 Å². The molecule has 1 heterocycles. The van der Waals surface area contributed by atoms with Crippen molar-refractivity contribution in [1.82, 2.24) is 0 Å². The minimum absolute atomic E-state index is 0.0572. The van der Waals surface area contributed by atoms with Crippen molar-refractivity contribution in [3.63, 3.8) is 0 Å². The molecule has 1 aromatic carbocycles. The zero-order chi connectivity index (χ0) is 12.6. The molecule has 0 fully saturated rings. The quantitative estimate of drug-likeness (QED) is 0.822. The molecule has 2 rings (SSSR count). The highest BCUT2D eigenvalue weighted by Crippen LogP contribution is 2.37. The average molecular weight is 275 g/mol. The summed E-state index contributed by atoms with van der Waals surface area (Å²) in [5.41, 5.74) is 0.0927. The fraction of sp³-hybridized carbons (Fsp3) is 0. The van der Waals surface area contributed by atoms with E-state index in [0.717, 1.165) is 6.07 Å². The highest BCUT2D eigenvalue weighted by Gasteiger charge is 2.21. The van der Waals surface area contributed by atoms with Crippen LogP contribution in [0.2, 0.25) is 5.02 Å². The first kappa shape index (κ1) is 12.0. The number of rotatable bonds is 2. The van der Waals surface area contributed by atoms with Gasteiger partial charge in [0.2, 0.25) is 0 Å². The number of hydrogen-bond donors (Lipinski definition) is 2. The minimum Gasteiger partial charge on any atom is -0.506 e. The lowest BCUT2D eigenvalue weighted by Crippen LogP contribution is -1.99. The van der Waals surface area contributed by atoms with Crippen LogP contribution in [0.3, 0.4) is 0 Å². The molecule has 7 heteroatoms. The van der Waals surface area contributed by atoms with E-state index in [2.05, 4.69) is 0 Å². The predicted octanol–water partition coefficient (Wildman–Crippen LogP) is 2.55. The zero-order valence-corrected chi connectivity index (χ0v) is 9.86. The molecular weight excluding hydrogens is 268 g/mol. The van der Waals surface area contributed by atoms with Gasteiger partial charge in [0.15, 0.2) is 0 Å². The van der Waals surface area contributed by atoms with E-state index in [1.165, 1.54) is 18.4 Å². The van der Waals surface area contributed by atoms with E-state index in [9.17, 15) is 13.5 Å². The van der Waals surface area contributed by atoms with Gasteiger partial charge in [-0.15, -0.1) is 0 Å². The zero-order valence-electron chi connectivity index (χ0n) is 8.29. The molecule has 0 saturated carbocycles. The van der Waals surface area contributed by atoms with Crippen LogP contribution < -0.4 is 0 Å². The van der Waals surface area contributed by atoms with Crippen LogP contribution in [0.15, 0.2) is 39.8 Å². The number of phenols is 1. The lowest BCUT2D eigenvalue weighted by Gasteiger charge is -2.06. The fourth-order valence-corrected chi connectivity index (χ4v) is 2.30. The van der Waals surface area contributed by atoms with E-state index in [4.69, 9.17) is 20.6 Å². The van der Waals surface area contributed by atoms with Gasteiger partial charge in [-0.25, -0.2) is 0 Å². The summed E-state index contributed by atoms with van der Waals surface area (Å²) in [6.45, 7) is 0. The van der Waals surface area contributed by atoms with Gasteiger partial charge in [0, 0.05) is 5.02 Å². The van der Waals surface area contributed by atoms with Crippen molar-refractivity contribution in [2.45, 2.75) is 4.90 Å². The van der Waals surface area contributed by atoms with E-state index in [-0.39, 0.29) is 16.3 Å². The lowest BCUT2D eigenvalue weighted by atomic mass is 10.1. The van der Waals surface area contributed by atoms with Crippen molar-refractivity contribution in [1.29, 1.82) is 0 Å². The molecule has 0 aliphatic carbocycles. The number of halogens is 1. The minimum atomic E-state index is -4.55. The number of benzene rings is 1. The Morgan fingerprint density at radius 2 is 2.00 bits per heavy atom. The molecule has 2 aromatic rings. The third-order valence-electron chi connectivity index (χ3n) is 2.10. The van der Waals surface area contributed by atoms with Gasteiger partial charge >= 0.3 is 0 Å². The van der Waals surface area contributed by atoms with Crippen molar-refractivity contribution in [2.75, 3.05) is 0 Å². The first-order valence-electron chi connectivity index (χ1n) is 4.43. The second-order valence-corrected chi connectivity index (χ2v) is 5.08. The van der Waals surface area contributed by atoms with Crippen LogP contribution in [0.25, 0.3) is 11.3 Å². The maximum atomic E-state index is 11.0. The lowest BCUT2D eigenvalue weighted by molar-refractivity contribution is 0.443. The van der Waals surface area contributed by atoms with Gasteiger partial charge in [-0.1, -0.05) is 11.6 Å². The van der Waals surface area contributed by atoms with Crippen LogP contribution in [0.1, 0.15) is 0 Å². The molecule has 0 amide bonds. The largest absolute Gasteiger partial charge is 0.506 e. The Morgan fingerprint density at radius 3 is 2.53 bits per heavy atom. The molecule has 2 N–H and O–H groups in total. The third kappa shape index (κ3) is 2.28. The molecule has 0 unspecified atom stereocenters. The van der Waals surface area contributed by atoms with Crippen molar-refractivity contribution in [2.24, 2.45) is 0 Å². The predicted molar refractivity (Wildman–Crippen MR) is 60.6 cm³/mol. The number of hydrogen-bond acceptors (Lipinski definition) is 4. The van der Waals surface area contributed by atoms with Crippen LogP contribution in [-0.4, -0.2) is 18.1 Å². The Morgan fingerprint density at radius 1 is 1.29 bits per heavy atom. The van der Waals surface area contributed by atoms with Gasteiger partial charge in [0.1, 0.15) is 16.4 Å². The van der Waals surface area contributed by atoms with Gasteiger partial charge in [0.05, 0.1) is 11.8 Å². The Bertz CT molecular complexity index is 646. The topological polar surface area (TPSA) is 87.7 Å². The molecule has 90 valence electrons. The second kappa shape index (κ2) is 4.06. The van der Waals surface area contributed by atoms with Gasteiger partial charge < -0.3 is 9.52 Å². The number of furan rings is 1. The van der Waals surface area contributed by atoms with Crippen molar-refractivity contribution in [3.05, 3.63) is 35.6 Å². The summed E-state index contributed by atoms with van der Waals surface area (Å²) in [6.07, 6.45) is 1.36. The van der Waals surface area contributed by atoms with E-state index < -0.39 is 20.8 Å². The maximum Gasteiger partial charge on any atom is 0.298 e. The van der Waals surface area contributed by atoms with Crippen LogP contribution in [-0.2, 0) is 10.1 Å². The molecule has 5 nitrogen and oxygen atoms in total. The van der Waals surface area contributed by atoms with E-state index in [1.54, 1.807) is 6.07 Å². The van der Waals surface area contributed by atoms with Gasteiger partial charge in [-0.05, 0) is 24.3 Å². The second-order valence-electron chi connectivity index (χ2n) is 3.25. The maximum absolute atomic E-state index is 11.0. The molecule has 0 bridgehead atoms. The smallest absolute Gasteiger partial charge is 0.298 e. The van der Waals surface area contributed by atoms with Gasteiger partial charge in [-0.2, -0.15) is 8.42 Å². The summed E-state index contributed by atoms with van der Waals surface area (Å²) in [6, 6.07) is 5.39. The highest BCUT2D eigenvalue weighted by molar-refractivity contribution is 7.86. The van der Waals surface area contributed by atoms with Crippen molar-refractivity contribution in [3.8, 4) is 17.1 Å². The molecule has 1 aromatic heterocycles. The first-order valence-corrected chi connectivity index (χ1v) is 6.25. The van der Waals surface area contributed by atoms with Crippen molar-refractivity contribution >= 4 is 21.7 Å². The Labute approximate surface area is 102 Å². The van der Waals surface area contributed by atoms with Crippen molar-refractivity contribution < 1.29 is 22.5 Å². The molecule has 0 aliphatic heterocycles. The van der Waals surface area contributed by atoms with Gasteiger partial charge in [0.25, 0.3) is 10.1 Å². The Balaban J connectivity index is 2.75. The summed E-state index contributed by atoms with van der Waals surface area (Å²) >= 11 is 5.72. The van der Waals surface area contributed by atoms with E-state index >= 15 is 0 Å². The van der Waals surface area contributed by atoms with Gasteiger partial charge in [-0.3, -0.25) is 4.55 Å². The van der Waals surface area contributed by atoms with Crippen LogP contribution in [0.4, 0.5) is 0 Å².